The fraction of sp³-hybridized carbons (Fsp3) is 0.533. The third-order valence-electron chi connectivity index (χ3n) is 3.01. The van der Waals surface area contributed by atoms with E-state index in [-0.39, 0.29) is 18.4 Å². The van der Waals surface area contributed by atoms with E-state index in [9.17, 15) is 4.79 Å². The van der Waals surface area contributed by atoms with Crippen molar-refractivity contribution < 1.29 is 14.3 Å². The van der Waals surface area contributed by atoms with Crippen LogP contribution in [-0.4, -0.2) is 19.7 Å². The van der Waals surface area contributed by atoms with E-state index in [4.69, 9.17) is 15.2 Å². The summed E-state index contributed by atoms with van der Waals surface area (Å²) in [6.07, 6.45) is 0.194. The van der Waals surface area contributed by atoms with Gasteiger partial charge in [0.1, 0.15) is 5.75 Å². The molecule has 0 bridgehead atoms. The highest BCUT2D eigenvalue weighted by Crippen LogP contribution is 2.29. The number of methoxy groups -OCH3 is 1. The molecule has 0 aliphatic heterocycles. The van der Waals surface area contributed by atoms with Gasteiger partial charge in [-0.15, -0.1) is 0 Å². The van der Waals surface area contributed by atoms with Gasteiger partial charge in [-0.3, -0.25) is 4.79 Å². The molecule has 0 aromatic heterocycles. The Balaban J connectivity index is 2.95. The highest BCUT2D eigenvalue weighted by atomic mass is 16.5. The van der Waals surface area contributed by atoms with E-state index in [0.717, 1.165) is 16.9 Å². The number of rotatable bonds is 6. The standard InChI is InChI=1S/C15H23NO3/c1-5-19-15(17)9-14(16)12-7-6-11(18-4)8-13(12)10(2)3/h6-8,10,14H,5,9,16H2,1-4H3. The molecule has 0 heterocycles. The van der Waals surface area contributed by atoms with Crippen LogP contribution in [-0.2, 0) is 9.53 Å². The van der Waals surface area contributed by atoms with Crippen molar-refractivity contribution in [2.45, 2.75) is 39.2 Å². The second-order valence-corrected chi connectivity index (χ2v) is 4.77. The molecule has 106 valence electrons. The number of carbonyl (C=O) groups excluding carboxylic acids is 1. The van der Waals surface area contributed by atoms with Crippen LogP contribution in [0.3, 0.4) is 0 Å². The van der Waals surface area contributed by atoms with Gasteiger partial charge in [-0.1, -0.05) is 19.9 Å². The molecule has 0 radical (unpaired) electrons. The van der Waals surface area contributed by atoms with Gasteiger partial charge in [-0.05, 0) is 36.1 Å². The molecule has 0 amide bonds. The summed E-state index contributed by atoms with van der Waals surface area (Å²) in [6.45, 7) is 6.35. The molecule has 4 nitrogen and oxygen atoms in total. The monoisotopic (exact) mass is 265 g/mol. The Morgan fingerprint density at radius 3 is 2.53 bits per heavy atom. The van der Waals surface area contributed by atoms with Crippen LogP contribution in [0.5, 0.6) is 5.75 Å². The van der Waals surface area contributed by atoms with Crippen molar-refractivity contribution in [3.63, 3.8) is 0 Å². The summed E-state index contributed by atoms with van der Waals surface area (Å²) in [6, 6.07) is 5.43. The van der Waals surface area contributed by atoms with Crippen molar-refractivity contribution in [1.82, 2.24) is 0 Å². The molecule has 2 N–H and O–H groups in total. The molecule has 1 atom stereocenters. The number of hydrogen-bond donors (Lipinski definition) is 1. The minimum atomic E-state index is -0.345. The van der Waals surface area contributed by atoms with Crippen LogP contribution in [0.25, 0.3) is 0 Å². The number of esters is 1. The first-order chi connectivity index (χ1) is 8.99. The minimum absolute atomic E-state index is 0.194. The molecular formula is C15H23NO3. The molecule has 1 aromatic carbocycles. The zero-order chi connectivity index (χ0) is 14.4. The van der Waals surface area contributed by atoms with Gasteiger partial charge >= 0.3 is 5.97 Å². The van der Waals surface area contributed by atoms with E-state index in [2.05, 4.69) is 13.8 Å². The van der Waals surface area contributed by atoms with Gasteiger partial charge in [0.15, 0.2) is 0 Å². The van der Waals surface area contributed by atoms with Crippen LogP contribution in [0.15, 0.2) is 18.2 Å². The number of hydrogen-bond acceptors (Lipinski definition) is 4. The highest BCUT2D eigenvalue weighted by Gasteiger charge is 2.17. The summed E-state index contributed by atoms with van der Waals surface area (Å²) in [7, 11) is 1.64. The maximum atomic E-state index is 11.5. The smallest absolute Gasteiger partial charge is 0.307 e. The molecule has 1 aromatic rings. The molecule has 0 saturated carbocycles. The first-order valence-corrected chi connectivity index (χ1v) is 6.58. The summed E-state index contributed by atoms with van der Waals surface area (Å²) in [5.41, 5.74) is 8.20. The molecule has 0 fully saturated rings. The van der Waals surface area contributed by atoms with E-state index in [1.54, 1.807) is 14.0 Å². The predicted molar refractivity (Wildman–Crippen MR) is 75.3 cm³/mol. The largest absolute Gasteiger partial charge is 0.497 e. The van der Waals surface area contributed by atoms with E-state index >= 15 is 0 Å². The predicted octanol–water partition coefficient (Wildman–Crippen LogP) is 2.77. The Bertz CT molecular complexity index is 429. The quantitative estimate of drug-likeness (QED) is 0.803. The topological polar surface area (TPSA) is 61.5 Å². The lowest BCUT2D eigenvalue weighted by Gasteiger charge is -2.19. The SMILES string of the molecule is CCOC(=O)CC(N)c1ccc(OC)cc1C(C)C. The second kappa shape index (κ2) is 7.14. The van der Waals surface area contributed by atoms with Gasteiger partial charge in [0.25, 0.3) is 0 Å². The van der Waals surface area contributed by atoms with Gasteiger partial charge in [0.2, 0.25) is 0 Å². The Morgan fingerprint density at radius 1 is 1.32 bits per heavy atom. The van der Waals surface area contributed by atoms with Gasteiger partial charge in [0.05, 0.1) is 20.1 Å². The second-order valence-electron chi connectivity index (χ2n) is 4.77. The Kier molecular flexibility index (Phi) is 5.83. The fourth-order valence-corrected chi connectivity index (χ4v) is 2.03. The van der Waals surface area contributed by atoms with Crippen LogP contribution >= 0.6 is 0 Å². The molecule has 1 unspecified atom stereocenters. The first-order valence-electron chi connectivity index (χ1n) is 6.58. The Labute approximate surface area is 114 Å². The van der Waals surface area contributed by atoms with Crippen molar-refractivity contribution in [1.29, 1.82) is 0 Å². The van der Waals surface area contributed by atoms with Gasteiger partial charge in [0, 0.05) is 6.04 Å². The van der Waals surface area contributed by atoms with E-state index in [1.807, 2.05) is 18.2 Å². The fourth-order valence-electron chi connectivity index (χ4n) is 2.03. The van der Waals surface area contributed by atoms with Crippen LogP contribution in [0, 0.1) is 0 Å². The highest BCUT2D eigenvalue weighted by molar-refractivity contribution is 5.70. The lowest BCUT2D eigenvalue weighted by molar-refractivity contribution is -0.143. The summed E-state index contributed by atoms with van der Waals surface area (Å²) in [5, 5.41) is 0. The number of benzene rings is 1. The van der Waals surface area contributed by atoms with E-state index in [1.165, 1.54) is 0 Å². The molecule has 0 spiro atoms. The lowest BCUT2D eigenvalue weighted by atomic mass is 9.91. The van der Waals surface area contributed by atoms with Gasteiger partial charge < -0.3 is 15.2 Å². The summed E-state index contributed by atoms with van der Waals surface area (Å²) < 4.78 is 10.2. The van der Waals surface area contributed by atoms with Gasteiger partial charge in [-0.2, -0.15) is 0 Å². The van der Waals surface area contributed by atoms with E-state index < -0.39 is 0 Å². The Morgan fingerprint density at radius 2 is 2.00 bits per heavy atom. The maximum absolute atomic E-state index is 11.5. The lowest BCUT2D eigenvalue weighted by Crippen LogP contribution is -2.19. The third kappa shape index (κ3) is 4.24. The van der Waals surface area contributed by atoms with E-state index in [0.29, 0.717) is 12.5 Å². The normalized spacial score (nSPS) is 12.3. The van der Waals surface area contributed by atoms with Crippen LogP contribution in [0.2, 0.25) is 0 Å². The number of nitrogens with two attached hydrogens (primary N) is 1. The molecule has 4 heteroatoms. The van der Waals surface area contributed by atoms with Crippen molar-refractivity contribution >= 4 is 5.97 Å². The summed E-state index contributed by atoms with van der Waals surface area (Å²) in [4.78, 5) is 11.5. The maximum Gasteiger partial charge on any atom is 0.307 e. The first kappa shape index (κ1) is 15.5. The molecule has 19 heavy (non-hydrogen) atoms. The van der Waals surface area contributed by atoms with Crippen molar-refractivity contribution in [2.24, 2.45) is 5.73 Å². The zero-order valence-corrected chi connectivity index (χ0v) is 12.1. The van der Waals surface area contributed by atoms with Crippen molar-refractivity contribution in [3.05, 3.63) is 29.3 Å². The summed E-state index contributed by atoms with van der Waals surface area (Å²) >= 11 is 0. The Hall–Kier alpha value is -1.55. The average Bonchev–Trinajstić information content (AvgIpc) is 2.38. The van der Waals surface area contributed by atoms with Crippen molar-refractivity contribution in [2.75, 3.05) is 13.7 Å². The van der Waals surface area contributed by atoms with Crippen LogP contribution < -0.4 is 10.5 Å². The summed E-state index contributed by atoms with van der Waals surface area (Å²) in [5.74, 6) is 0.856. The average molecular weight is 265 g/mol. The molecular weight excluding hydrogens is 242 g/mol. The number of ether oxygens (including phenoxy) is 2. The van der Waals surface area contributed by atoms with Crippen LogP contribution in [0.4, 0.5) is 0 Å². The molecule has 1 rings (SSSR count). The molecule has 0 saturated heterocycles. The van der Waals surface area contributed by atoms with Gasteiger partial charge in [-0.25, -0.2) is 0 Å². The van der Waals surface area contributed by atoms with Crippen LogP contribution in [0.1, 0.15) is 50.3 Å². The molecule has 0 aliphatic rings. The third-order valence-corrected chi connectivity index (χ3v) is 3.01. The number of carbonyl (C=O) groups is 1. The minimum Gasteiger partial charge on any atom is -0.497 e. The van der Waals surface area contributed by atoms with Crippen molar-refractivity contribution in [3.8, 4) is 5.75 Å². The molecule has 0 aliphatic carbocycles. The zero-order valence-electron chi connectivity index (χ0n) is 12.1.